The summed E-state index contributed by atoms with van der Waals surface area (Å²) in [7, 11) is 0. The van der Waals surface area contributed by atoms with Crippen LogP contribution in [0, 0.1) is 0 Å². The van der Waals surface area contributed by atoms with Gasteiger partial charge in [-0.1, -0.05) is 11.6 Å². The lowest BCUT2D eigenvalue weighted by atomic mass is 10.2. The van der Waals surface area contributed by atoms with E-state index in [1.165, 1.54) is 0 Å². The van der Waals surface area contributed by atoms with Gasteiger partial charge in [-0.15, -0.1) is 0 Å². The van der Waals surface area contributed by atoms with E-state index in [4.69, 9.17) is 17.4 Å². The third-order valence-corrected chi connectivity index (χ3v) is 1.52. The lowest BCUT2D eigenvalue weighted by Gasteiger charge is -1.99. The van der Waals surface area contributed by atoms with E-state index in [1.807, 2.05) is 5.43 Å². The van der Waals surface area contributed by atoms with Crippen LogP contribution in [-0.4, -0.2) is 10.9 Å². The molecule has 0 spiro atoms. The van der Waals surface area contributed by atoms with Crippen molar-refractivity contribution in [2.75, 3.05) is 0 Å². The number of nitrogens with two attached hydrogens (primary N) is 1. The van der Waals surface area contributed by atoms with Crippen LogP contribution in [0.2, 0.25) is 5.15 Å². The van der Waals surface area contributed by atoms with E-state index in [1.54, 1.807) is 18.3 Å². The molecular weight excluding hydrogens is 178 g/mol. The molecular formula is C7H8ClN3O. The van der Waals surface area contributed by atoms with Gasteiger partial charge in [0.2, 0.25) is 5.91 Å². The third-order valence-electron chi connectivity index (χ3n) is 1.32. The monoisotopic (exact) mass is 185 g/mol. The van der Waals surface area contributed by atoms with E-state index in [9.17, 15) is 4.79 Å². The second kappa shape index (κ2) is 4.04. The molecule has 0 saturated heterocycles. The molecule has 0 aromatic carbocycles. The predicted molar refractivity (Wildman–Crippen MR) is 45.3 cm³/mol. The zero-order chi connectivity index (χ0) is 8.97. The van der Waals surface area contributed by atoms with Crippen molar-refractivity contribution in [2.24, 2.45) is 5.84 Å². The molecule has 4 nitrogen and oxygen atoms in total. The highest BCUT2D eigenvalue weighted by Gasteiger charge is 2.00. The minimum atomic E-state index is -0.253. The minimum absolute atomic E-state index is 0.221. The van der Waals surface area contributed by atoms with E-state index >= 15 is 0 Å². The smallest absolute Gasteiger partial charge is 0.238 e. The molecule has 0 aliphatic rings. The molecule has 0 unspecified atom stereocenters. The second-order valence-corrected chi connectivity index (χ2v) is 2.62. The van der Waals surface area contributed by atoms with Crippen molar-refractivity contribution < 1.29 is 4.79 Å². The van der Waals surface area contributed by atoms with Crippen molar-refractivity contribution in [2.45, 2.75) is 6.42 Å². The normalized spacial score (nSPS) is 9.50. The summed E-state index contributed by atoms with van der Waals surface area (Å²) in [5.41, 5.74) is 2.82. The number of aromatic nitrogens is 1. The van der Waals surface area contributed by atoms with Gasteiger partial charge in [-0.3, -0.25) is 10.2 Å². The molecule has 1 aromatic heterocycles. The zero-order valence-corrected chi connectivity index (χ0v) is 7.01. The molecule has 0 bridgehead atoms. The van der Waals surface area contributed by atoms with Crippen LogP contribution < -0.4 is 11.3 Å². The molecule has 1 rings (SSSR count). The summed E-state index contributed by atoms with van der Waals surface area (Å²) in [6.07, 6.45) is 1.76. The van der Waals surface area contributed by atoms with Crippen LogP contribution in [0.3, 0.4) is 0 Å². The molecule has 1 aromatic rings. The fourth-order valence-electron chi connectivity index (χ4n) is 0.789. The van der Waals surface area contributed by atoms with Crippen molar-refractivity contribution in [3.63, 3.8) is 0 Å². The average molecular weight is 186 g/mol. The van der Waals surface area contributed by atoms with Crippen LogP contribution in [0.1, 0.15) is 5.56 Å². The van der Waals surface area contributed by atoms with E-state index in [0.29, 0.717) is 5.15 Å². The fourth-order valence-corrected chi connectivity index (χ4v) is 0.985. The first kappa shape index (κ1) is 8.96. The molecule has 0 atom stereocenters. The van der Waals surface area contributed by atoms with Crippen LogP contribution in [0.15, 0.2) is 18.3 Å². The van der Waals surface area contributed by atoms with E-state index in [-0.39, 0.29) is 12.3 Å². The highest BCUT2D eigenvalue weighted by molar-refractivity contribution is 6.29. The SMILES string of the molecule is NNC(=O)Cc1ccnc(Cl)c1. The predicted octanol–water partition coefficient (Wildman–Crippen LogP) is 0.267. The van der Waals surface area contributed by atoms with Gasteiger partial charge < -0.3 is 0 Å². The quantitative estimate of drug-likeness (QED) is 0.301. The molecule has 0 aliphatic carbocycles. The third kappa shape index (κ3) is 2.48. The average Bonchev–Trinajstić information content (AvgIpc) is 2.04. The Balaban J connectivity index is 2.69. The highest BCUT2D eigenvalue weighted by Crippen LogP contribution is 2.06. The van der Waals surface area contributed by atoms with Gasteiger partial charge in [-0.25, -0.2) is 10.8 Å². The number of halogens is 1. The van der Waals surface area contributed by atoms with Crippen molar-refractivity contribution in [3.05, 3.63) is 29.0 Å². The molecule has 64 valence electrons. The Morgan fingerprint density at radius 1 is 1.75 bits per heavy atom. The number of hydrogen-bond donors (Lipinski definition) is 2. The van der Waals surface area contributed by atoms with Gasteiger partial charge in [-0.2, -0.15) is 0 Å². The zero-order valence-electron chi connectivity index (χ0n) is 6.25. The van der Waals surface area contributed by atoms with Crippen LogP contribution in [0.25, 0.3) is 0 Å². The molecule has 5 heteroatoms. The van der Waals surface area contributed by atoms with Gasteiger partial charge in [0, 0.05) is 6.20 Å². The summed E-state index contributed by atoms with van der Waals surface area (Å²) < 4.78 is 0. The van der Waals surface area contributed by atoms with Crippen molar-refractivity contribution >= 4 is 17.5 Å². The largest absolute Gasteiger partial charge is 0.294 e. The number of nitrogens with zero attached hydrogens (tertiary/aromatic N) is 1. The summed E-state index contributed by atoms with van der Waals surface area (Å²) in [6, 6.07) is 3.33. The van der Waals surface area contributed by atoms with Crippen molar-refractivity contribution in [1.29, 1.82) is 0 Å². The van der Waals surface area contributed by atoms with Gasteiger partial charge in [-0.05, 0) is 17.7 Å². The topological polar surface area (TPSA) is 68.0 Å². The standard InChI is InChI=1S/C7H8ClN3O/c8-6-3-5(1-2-10-6)4-7(12)11-9/h1-3H,4,9H2,(H,11,12). The second-order valence-electron chi connectivity index (χ2n) is 2.23. The van der Waals surface area contributed by atoms with E-state index < -0.39 is 0 Å². The Morgan fingerprint density at radius 2 is 2.50 bits per heavy atom. The van der Waals surface area contributed by atoms with Crippen molar-refractivity contribution in [1.82, 2.24) is 10.4 Å². The molecule has 3 N–H and O–H groups in total. The van der Waals surface area contributed by atoms with Gasteiger partial charge >= 0.3 is 0 Å². The Morgan fingerprint density at radius 3 is 3.08 bits per heavy atom. The molecule has 0 radical (unpaired) electrons. The van der Waals surface area contributed by atoms with Gasteiger partial charge in [0.15, 0.2) is 0 Å². The van der Waals surface area contributed by atoms with E-state index in [2.05, 4.69) is 4.98 Å². The molecule has 0 fully saturated rings. The number of pyridine rings is 1. The van der Waals surface area contributed by atoms with Crippen LogP contribution >= 0.6 is 11.6 Å². The Kier molecular flexibility index (Phi) is 3.01. The maximum Gasteiger partial charge on any atom is 0.238 e. The first-order valence-corrected chi connectivity index (χ1v) is 3.70. The molecule has 0 saturated carbocycles. The molecule has 1 heterocycles. The summed E-state index contributed by atoms with van der Waals surface area (Å²) in [6.45, 7) is 0. The number of carbonyl (C=O) groups excluding carboxylic acids is 1. The number of hydrazine groups is 1. The number of nitrogens with one attached hydrogen (secondary N) is 1. The van der Waals surface area contributed by atoms with Gasteiger partial charge in [0.25, 0.3) is 0 Å². The summed E-state index contributed by atoms with van der Waals surface area (Å²) in [5, 5.41) is 0.373. The first-order chi connectivity index (χ1) is 5.72. The lowest BCUT2D eigenvalue weighted by molar-refractivity contribution is -0.120. The maximum absolute atomic E-state index is 10.8. The summed E-state index contributed by atoms with van der Waals surface area (Å²) in [4.78, 5) is 14.6. The van der Waals surface area contributed by atoms with Crippen LogP contribution in [0.5, 0.6) is 0 Å². The molecule has 0 aliphatic heterocycles. The lowest BCUT2D eigenvalue weighted by Crippen LogP contribution is -2.31. The number of rotatable bonds is 2. The first-order valence-electron chi connectivity index (χ1n) is 3.32. The van der Waals surface area contributed by atoms with E-state index in [0.717, 1.165) is 5.56 Å². The van der Waals surface area contributed by atoms with Crippen LogP contribution in [-0.2, 0) is 11.2 Å². The molecule has 1 amide bonds. The number of hydrogen-bond acceptors (Lipinski definition) is 3. The van der Waals surface area contributed by atoms with Crippen LogP contribution in [0.4, 0.5) is 0 Å². The highest BCUT2D eigenvalue weighted by atomic mass is 35.5. The Bertz CT molecular complexity index is 290. The Labute approximate surface area is 74.7 Å². The van der Waals surface area contributed by atoms with Gasteiger partial charge in [0.05, 0.1) is 6.42 Å². The summed E-state index contributed by atoms with van der Waals surface area (Å²) in [5.74, 6) is 4.66. The van der Waals surface area contributed by atoms with Crippen molar-refractivity contribution in [3.8, 4) is 0 Å². The minimum Gasteiger partial charge on any atom is -0.294 e. The van der Waals surface area contributed by atoms with Gasteiger partial charge in [0.1, 0.15) is 5.15 Å². The fraction of sp³-hybridized carbons (Fsp3) is 0.143. The summed E-state index contributed by atoms with van der Waals surface area (Å²) >= 11 is 5.60. The Hall–Kier alpha value is -1.13. The maximum atomic E-state index is 10.8. The number of amides is 1. The number of carbonyl (C=O) groups is 1. The molecule has 12 heavy (non-hydrogen) atoms.